The molecule has 0 aliphatic carbocycles. The van der Waals surface area contributed by atoms with E-state index in [-0.39, 0.29) is 17.6 Å². The molecule has 0 saturated carbocycles. The predicted molar refractivity (Wildman–Crippen MR) is 128 cm³/mol. The SMILES string of the molecule is CN(Cc1cn(-c2ccccc2)nc1-c1ccccc1)C(=O)C1CCCN1C(=O)c1ccco1. The van der Waals surface area contributed by atoms with Crippen LogP contribution in [0.2, 0.25) is 0 Å². The summed E-state index contributed by atoms with van der Waals surface area (Å²) in [7, 11) is 1.78. The molecule has 3 heterocycles. The van der Waals surface area contributed by atoms with Gasteiger partial charge >= 0.3 is 0 Å². The number of para-hydroxylation sites is 1. The van der Waals surface area contributed by atoms with Gasteiger partial charge in [0.2, 0.25) is 5.91 Å². The van der Waals surface area contributed by atoms with Crippen LogP contribution in [0.25, 0.3) is 16.9 Å². The minimum atomic E-state index is -0.494. The molecule has 0 N–H and O–H groups in total. The van der Waals surface area contributed by atoms with E-state index in [1.54, 1.807) is 29.0 Å². The number of rotatable bonds is 6. The molecule has 34 heavy (non-hydrogen) atoms. The summed E-state index contributed by atoms with van der Waals surface area (Å²) in [6.07, 6.45) is 4.88. The molecule has 7 nitrogen and oxygen atoms in total. The first kappa shape index (κ1) is 21.7. The van der Waals surface area contributed by atoms with E-state index in [9.17, 15) is 9.59 Å². The molecule has 1 saturated heterocycles. The number of benzene rings is 2. The zero-order chi connectivity index (χ0) is 23.5. The van der Waals surface area contributed by atoms with Crippen molar-refractivity contribution in [3.8, 4) is 16.9 Å². The van der Waals surface area contributed by atoms with E-state index in [1.807, 2.05) is 71.5 Å². The van der Waals surface area contributed by atoms with E-state index in [4.69, 9.17) is 9.52 Å². The Morgan fingerprint density at radius 2 is 1.76 bits per heavy atom. The smallest absolute Gasteiger partial charge is 0.290 e. The Bertz CT molecular complexity index is 1270. The Morgan fingerprint density at radius 3 is 2.47 bits per heavy atom. The highest BCUT2D eigenvalue weighted by Gasteiger charge is 2.37. The quantitative estimate of drug-likeness (QED) is 0.433. The maximum atomic E-state index is 13.4. The highest BCUT2D eigenvalue weighted by atomic mass is 16.3. The van der Waals surface area contributed by atoms with Crippen LogP contribution >= 0.6 is 0 Å². The van der Waals surface area contributed by atoms with Crippen LogP contribution < -0.4 is 0 Å². The fourth-order valence-electron chi connectivity index (χ4n) is 4.47. The van der Waals surface area contributed by atoms with Crippen LogP contribution in [-0.2, 0) is 11.3 Å². The average Bonchev–Trinajstić information content (AvgIpc) is 3.65. The van der Waals surface area contributed by atoms with Gasteiger partial charge in [-0.3, -0.25) is 9.59 Å². The maximum Gasteiger partial charge on any atom is 0.290 e. The first-order valence-electron chi connectivity index (χ1n) is 11.4. The van der Waals surface area contributed by atoms with Crippen LogP contribution in [0.4, 0.5) is 0 Å². The Hall–Kier alpha value is -4.13. The van der Waals surface area contributed by atoms with Gasteiger partial charge in [0.15, 0.2) is 5.76 Å². The van der Waals surface area contributed by atoms with Crippen LogP contribution in [0.15, 0.2) is 89.7 Å². The normalized spacial score (nSPS) is 15.4. The van der Waals surface area contributed by atoms with Crippen molar-refractivity contribution < 1.29 is 14.0 Å². The van der Waals surface area contributed by atoms with Crippen LogP contribution in [0.1, 0.15) is 29.0 Å². The van der Waals surface area contributed by atoms with Crippen LogP contribution in [0.3, 0.4) is 0 Å². The summed E-state index contributed by atoms with van der Waals surface area (Å²) in [4.78, 5) is 29.6. The maximum absolute atomic E-state index is 13.4. The first-order valence-corrected chi connectivity index (χ1v) is 11.4. The molecule has 2 amide bonds. The number of hydrogen-bond donors (Lipinski definition) is 0. The summed E-state index contributed by atoms with van der Waals surface area (Å²) in [6.45, 7) is 0.931. The minimum Gasteiger partial charge on any atom is -0.459 e. The lowest BCUT2D eigenvalue weighted by atomic mass is 10.1. The molecule has 1 fully saturated rings. The molecule has 2 aromatic heterocycles. The van der Waals surface area contributed by atoms with E-state index in [1.165, 1.54) is 6.26 Å². The van der Waals surface area contributed by atoms with E-state index in [0.717, 1.165) is 28.9 Å². The van der Waals surface area contributed by atoms with Gasteiger partial charge in [-0.15, -0.1) is 0 Å². The molecule has 0 radical (unpaired) electrons. The predicted octanol–water partition coefficient (Wildman–Crippen LogP) is 4.40. The first-order chi connectivity index (χ1) is 16.6. The number of carbonyl (C=O) groups is 2. The lowest BCUT2D eigenvalue weighted by Crippen LogP contribution is -2.46. The minimum absolute atomic E-state index is 0.0797. The molecular weight excluding hydrogens is 428 g/mol. The Kier molecular flexibility index (Phi) is 5.99. The number of furan rings is 1. The van der Waals surface area contributed by atoms with E-state index in [2.05, 4.69) is 0 Å². The zero-order valence-corrected chi connectivity index (χ0v) is 19.0. The number of nitrogens with zero attached hydrogens (tertiary/aromatic N) is 4. The summed E-state index contributed by atoms with van der Waals surface area (Å²) < 4.78 is 7.12. The second kappa shape index (κ2) is 9.39. The van der Waals surface area contributed by atoms with Gasteiger partial charge in [-0.25, -0.2) is 4.68 Å². The van der Waals surface area contributed by atoms with Gasteiger partial charge in [-0.2, -0.15) is 5.10 Å². The number of likely N-dealkylation sites (N-methyl/N-ethyl adjacent to an activating group) is 1. The number of amides is 2. The van der Waals surface area contributed by atoms with Crippen molar-refractivity contribution in [2.24, 2.45) is 0 Å². The fourth-order valence-corrected chi connectivity index (χ4v) is 4.47. The van der Waals surface area contributed by atoms with Gasteiger partial charge in [-0.05, 0) is 37.1 Å². The van der Waals surface area contributed by atoms with Gasteiger partial charge in [-0.1, -0.05) is 48.5 Å². The second-order valence-corrected chi connectivity index (χ2v) is 8.48. The van der Waals surface area contributed by atoms with Crippen molar-refractivity contribution >= 4 is 11.8 Å². The largest absolute Gasteiger partial charge is 0.459 e. The van der Waals surface area contributed by atoms with E-state index < -0.39 is 6.04 Å². The number of likely N-dealkylation sites (tertiary alicyclic amines) is 1. The van der Waals surface area contributed by atoms with E-state index >= 15 is 0 Å². The Morgan fingerprint density at radius 1 is 1.03 bits per heavy atom. The number of hydrogen-bond acceptors (Lipinski definition) is 4. The summed E-state index contributed by atoms with van der Waals surface area (Å²) in [5.41, 5.74) is 3.71. The Labute approximate surface area is 198 Å². The molecule has 172 valence electrons. The highest BCUT2D eigenvalue weighted by molar-refractivity contribution is 5.96. The summed E-state index contributed by atoms with van der Waals surface area (Å²) >= 11 is 0. The van der Waals surface area contributed by atoms with Gasteiger partial charge in [0.1, 0.15) is 6.04 Å². The molecule has 1 unspecified atom stereocenters. The molecular formula is C27H26N4O3. The summed E-state index contributed by atoms with van der Waals surface area (Å²) in [5.74, 6) is -0.0575. The van der Waals surface area contributed by atoms with Crippen LogP contribution in [-0.4, -0.2) is 51.0 Å². The third-order valence-corrected chi connectivity index (χ3v) is 6.17. The third kappa shape index (κ3) is 4.24. The Balaban J connectivity index is 1.40. The lowest BCUT2D eigenvalue weighted by molar-refractivity contribution is -0.134. The molecule has 0 bridgehead atoms. The standard InChI is InChI=1S/C27H26N4O3/c1-29(26(32)23-14-8-16-30(23)27(33)24-15-9-17-34-24)18-21-19-31(22-12-6-3-7-13-22)28-25(21)20-10-4-2-5-11-20/h2-7,9-13,15,17,19,23H,8,14,16,18H2,1H3. The molecule has 0 spiro atoms. The molecule has 5 rings (SSSR count). The van der Waals surface area contributed by atoms with Crippen molar-refractivity contribution in [2.75, 3.05) is 13.6 Å². The lowest BCUT2D eigenvalue weighted by Gasteiger charge is -2.27. The molecule has 2 aromatic carbocycles. The van der Waals surface area contributed by atoms with E-state index in [0.29, 0.717) is 19.5 Å². The van der Waals surface area contributed by atoms with Crippen molar-refractivity contribution in [3.05, 3.63) is 96.6 Å². The second-order valence-electron chi connectivity index (χ2n) is 8.48. The topological polar surface area (TPSA) is 71.6 Å². The molecule has 4 aromatic rings. The van der Waals surface area contributed by atoms with Crippen molar-refractivity contribution in [1.29, 1.82) is 0 Å². The van der Waals surface area contributed by atoms with Crippen molar-refractivity contribution in [2.45, 2.75) is 25.4 Å². The van der Waals surface area contributed by atoms with Crippen LogP contribution in [0.5, 0.6) is 0 Å². The van der Waals surface area contributed by atoms with Gasteiger partial charge in [0.25, 0.3) is 5.91 Å². The monoisotopic (exact) mass is 454 g/mol. The summed E-state index contributed by atoms with van der Waals surface area (Å²) in [5, 5.41) is 4.84. The molecule has 1 aliphatic heterocycles. The van der Waals surface area contributed by atoms with Gasteiger partial charge in [0.05, 0.1) is 17.6 Å². The zero-order valence-electron chi connectivity index (χ0n) is 19.0. The number of aromatic nitrogens is 2. The fraction of sp³-hybridized carbons (Fsp3) is 0.222. The van der Waals surface area contributed by atoms with Gasteiger partial charge < -0.3 is 14.2 Å². The van der Waals surface area contributed by atoms with Crippen molar-refractivity contribution in [1.82, 2.24) is 19.6 Å². The molecule has 1 atom stereocenters. The molecule has 7 heteroatoms. The highest BCUT2D eigenvalue weighted by Crippen LogP contribution is 2.27. The number of carbonyl (C=O) groups excluding carboxylic acids is 2. The molecule has 1 aliphatic rings. The third-order valence-electron chi connectivity index (χ3n) is 6.17. The van der Waals surface area contributed by atoms with Crippen molar-refractivity contribution in [3.63, 3.8) is 0 Å². The van der Waals surface area contributed by atoms with Gasteiger partial charge in [0, 0.05) is 37.5 Å². The van der Waals surface area contributed by atoms with Crippen LogP contribution in [0, 0.1) is 0 Å². The average molecular weight is 455 g/mol. The summed E-state index contributed by atoms with van der Waals surface area (Å²) in [6, 6.07) is 22.7.